The molecular formula is C22H28F4. The summed E-state index contributed by atoms with van der Waals surface area (Å²) >= 11 is 0. The maximum absolute atomic E-state index is 14.6. The first kappa shape index (κ1) is 19.4. The van der Waals surface area contributed by atoms with E-state index in [9.17, 15) is 17.6 Å². The van der Waals surface area contributed by atoms with Gasteiger partial charge in [0, 0.05) is 0 Å². The van der Waals surface area contributed by atoms with Gasteiger partial charge in [0.05, 0.1) is 0 Å². The number of halogens is 4. The number of benzene rings is 1. The van der Waals surface area contributed by atoms with Gasteiger partial charge in [-0.1, -0.05) is 44.7 Å². The third kappa shape index (κ3) is 4.15. The molecule has 144 valence electrons. The zero-order chi connectivity index (χ0) is 18.7. The molecule has 0 aliphatic heterocycles. The van der Waals surface area contributed by atoms with Crippen LogP contribution < -0.4 is 0 Å². The van der Waals surface area contributed by atoms with Crippen molar-refractivity contribution in [2.75, 3.05) is 0 Å². The SMILES string of the molecule is CCCCC[C@H]1CC[C@H](c2ccc(C3CC(=C(F)F)C3)c(F)c2F)CC1. The van der Waals surface area contributed by atoms with Crippen LogP contribution in [0.25, 0.3) is 0 Å². The van der Waals surface area contributed by atoms with E-state index in [0.29, 0.717) is 5.56 Å². The molecule has 1 aromatic rings. The lowest BCUT2D eigenvalue weighted by molar-refractivity contribution is 0.297. The van der Waals surface area contributed by atoms with Gasteiger partial charge in [0.25, 0.3) is 6.08 Å². The summed E-state index contributed by atoms with van der Waals surface area (Å²) in [7, 11) is 0. The molecule has 0 atom stereocenters. The summed E-state index contributed by atoms with van der Waals surface area (Å²) in [6, 6.07) is 3.32. The normalized spacial score (nSPS) is 25.9. The molecule has 0 N–H and O–H groups in total. The molecule has 26 heavy (non-hydrogen) atoms. The van der Waals surface area contributed by atoms with Crippen molar-refractivity contribution in [1.29, 1.82) is 0 Å². The van der Waals surface area contributed by atoms with E-state index in [2.05, 4.69) is 6.92 Å². The molecule has 0 amide bonds. The van der Waals surface area contributed by atoms with E-state index in [4.69, 9.17) is 0 Å². The van der Waals surface area contributed by atoms with Crippen molar-refractivity contribution in [3.63, 3.8) is 0 Å². The van der Waals surface area contributed by atoms with Crippen molar-refractivity contribution in [2.45, 2.75) is 83.0 Å². The van der Waals surface area contributed by atoms with Gasteiger partial charge < -0.3 is 0 Å². The highest BCUT2D eigenvalue weighted by Gasteiger charge is 2.33. The van der Waals surface area contributed by atoms with Gasteiger partial charge in [0.15, 0.2) is 11.6 Å². The van der Waals surface area contributed by atoms with E-state index in [1.165, 1.54) is 25.7 Å². The molecule has 2 saturated carbocycles. The fourth-order valence-electron chi connectivity index (χ4n) is 4.56. The quantitative estimate of drug-likeness (QED) is 0.354. The second kappa shape index (κ2) is 8.58. The van der Waals surface area contributed by atoms with Crippen LogP contribution in [0.5, 0.6) is 0 Å². The van der Waals surface area contributed by atoms with Crippen LogP contribution in [0.1, 0.15) is 94.1 Å². The van der Waals surface area contributed by atoms with Crippen molar-refractivity contribution in [3.05, 3.63) is 46.5 Å². The lowest BCUT2D eigenvalue weighted by Gasteiger charge is -2.31. The van der Waals surface area contributed by atoms with Gasteiger partial charge in [-0.3, -0.25) is 0 Å². The van der Waals surface area contributed by atoms with Crippen LogP contribution in [0.15, 0.2) is 23.8 Å². The van der Waals surface area contributed by atoms with Crippen molar-refractivity contribution in [1.82, 2.24) is 0 Å². The third-order valence-corrected chi connectivity index (χ3v) is 6.34. The van der Waals surface area contributed by atoms with Crippen molar-refractivity contribution in [3.8, 4) is 0 Å². The maximum atomic E-state index is 14.6. The molecule has 0 bridgehead atoms. The van der Waals surface area contributed by atoms with Gasteiger partial charge >= 0.3 is 0 Å². The van der Waals surface area contributed by atoms with Crippen molar-refractivity contribution >= 4 is 0 Å². The summed E-state index contributed by atoms with van der Waals surface area (Å²) in [4.78, 5) is 0. The van der Waals surface area contributed by atoms with Crippen LogP contribution in [0.2, 0.25) is 0 Å². The number of hydrogen-bond acceptors (Lipinski definition) is 0. The highest BCUT2D eigenvalue weighted by atomic mass is 19.3. The van der Waals surface area contributed by atoms with Crippen molar-refractivity contribution < 1.29 is 17.6 Å². The first-order valence-corrected chi connectivity index (χ1v) is 10.0. The summed E-state index contributed by atoms with van der Waals surface area (Å²) in [5.41, 5.74) is 0.801. The fraction of sp³-hybridized carbons (Fsp3) is 0.636. The highest BCUT2D eigenvalue weighted by Crippen LogP contribution is 2.46. The molecule has 0 nitrogen and oxygen atoms in total. The van der Waals surface area contributed by atoms with Crippen LogP contribution in [-0.4, -0.2) is 0 Å². The van der Waals surface area contributed by atoms with E-state index in [-0.39, 0.29) is 35.8 Å². The maximum Gasteiger partial charge on any atom is 0.269 e. The van der Waals surface area contributed by atoms with Crippen molar-refractivity contribution in [2.24, 2.45) is 5.92 Å². The monoisotopic (exact) mass is 368 g/mol. The zero-order valence-corrected chi connectivity index (χ0v) is 15.5. The molecule has 0 aromatic heterocycles. The largest absolute Gasteiger partial charge is 0.269 e. The Morgan fingerprint density at radius 3 is 2.00 bits per heavy atom. The predicted octanol–water partition coefficient (Wildman–Crippen LogP) is 7.85. The second-order valence-electron chi connectivity index (χ2n) is 8.05. The number of unbranched alkanes of at least 4 members (excludes halogenated alkanes) is 2. The average Bonchev–Trinajstić information content (AvgIpc) is 2.58. The summed E-state index contributed by atoms with van der Waals surface area (Å²) < 4.78 is 54.1. The van der Waals surface area contributed by atoms with Gasteiger partial charge in [0.1, 0.15) is 0 Å². The Hall–Kier alpha value is -1.32. The molecule has 2 fully saturated rings. The topological polar surface area (TPSA) is 0 Å². The summed E-state index contributed by atoms with van der Waals surface area (Å²) in [5, 5.41) is 0. The summed E-state index contributed by atoms with van der Waals surface area (Å²) in [6.07, 6.45) is 7.61. The Balaban J connectivity index is 1.62. The second-order valence-corrected chi connectivity index (χ2v) is 8.05. The van der Waals surface area contributed by atoms with E-state index in [1.807, 2.05) is 0 Å². The van der Waals surface area contributed by atoms with Crippen LogP contribution >= 0.6 is 0 Å². The molecule has 4 heteroatoms. The molecule has 0 heterocycles. The molecule has 0 saturated heterocycles. The predicted molar refractivity (Wildman–Crippen MR) is 96.4 cm³/mol. The minimum absolute atomic E-state index is 0.0697. The molecule has 0 spiro atoms. The number of rotatable bonds is 6. The Morgan fingerprint density at radius 1 is 0.885 bits per heavy atom. The highest BCUT2D eigenvalue weighted by molar-refractivity contribution is 5.36. The fourth-order valence-corrected chi connectivity index (χ4v) is 4.56. The van der Waals surface area contributed by atoms with Gasteiger partial charge in [-0.15, -0.1) is 0 Å². The van der Waals surface area contributed by atoms with Crippen LogP contribution in [-0.2, 0) is 0 Å². The van der Waals surface area contributed by atoms with Crippen LogP contribution in [0.4, 0.5) is 17.6 Å². The summed E-state index contributed by atoms with van der Waals surface area (Å²) in [5.74, 6) is -1.09. The molecule has 0 radical (unpaired) electrons. The van der Waals surface area contributed by atoms with E-state index in [0.717, 1.165) is 31.6 Å². The lowest BCUT2D eigenvalue weighted by Crippen LogP contribution is -2.18. The zero-order valence-electron chi connectivity index (χ0n) is 15.5. The standard InChI is InChI=1S/C22H28F4/c1-2-3-4-5-14-6-8-15(9-7-14)18-10-11-19(21(24)20(18)23)16-12-17(13-16)22(25)26/h10-11,14-16H,2-9,12-13H2,1H3/t14-,15-. The molecule has 2 aliphatic rings. The molecule has 0 unspecified atom stereocenters. The van der Waals surface area contributed by atoms with Crippen LogP contribution in [0, 0.1) is 17.6 Å². The van der Waals surface area contributed by atoms with Gasteiger partial charge in [-0.05, 0) is 73.0 Å². The lowest BCUT2D eigenvalue weighted by atomic mass is 9.74. The third-order valence-electron chi connectivity index (χ3n) is 6.34. The number of hydrogen-bond donors (Lipinski definition) is 0. The first-order valence-electron chi connectivity index (χ1n) is 10.0. The Labute approximate surface area is 153 Å². The molecule has 2 aliphatic carbocycles. The number of allylic oxidation sites excluding steroid dienone is 1. The van der Waals surface area contributed by atoms with Gasteiger partial charge in [-0.2, -0.15) is 8.78 Å². The van der Waals surface area contributed by atoms with E-state index < -0.39 is 17.7 Å². The van der Waals surface area contributed by atoms with Gasteiger partial charge in [-0.25, -0.2) is 8.78 Å². The van der Waals surface area contributed by atoms with Gasteiger partial charge in [0.2, 0.25) is 0 Å². The Kier molecular flexibility index (Phi) is 6.42. The molecular weight excluding hydrogens is 340 g/mol. The first-order chi connectivity index (χ1) is 12.5. The Morgan fingerprint density at radius 2 is 1.46 bits per heavy atom. The molecule has 1 aromatic carbocycles. The average molecular weight is 368 g/mol. The van der Waals surface area contributed by atoms with E-state index in [1.54, 1.807) is 12.1 Å². The van der Waals surface area contributed by atoms with E-state index >= 15 is 0 Å². The molecule has 3 rings (SSSR count). The smallest absolute Gasteiger partial charge is 0.203 e. The Bertz CT molecular complexity index is 644. The minimum Gasteiger partial charge on any atom is -0.203 e. The minimum atomic E-state index is -1.67. The van der Waals surface area contributed by atoms with Crippen LogP contribution in [0.3, 0.4) is 0 Å². The summed E-state index contributed by atoms with van der Waals surface area (Å²) in [6.45, 7) is 2.20.